The van der Waals surface area contributed by atoms with E-state index in [0.717, 1.165) is 37.4 Å². The molecule has 3 aliphatic rings. The van der Waals surface area contributed by atoms with Crippen molar-refractivity contribution >= 4 is 16.7 Å². The number of rotatable bonds is 6. The van der Waals surface area contributed by atoms with Crippen molar-refractivity contribution in [1.82, 2.24) is 24.4 Å². The topological polar surface area (TPSA) is 148 Å². The Bertz CT molecular complexity index is 1200. The number of benzene rings is 1. The molecule has 4 N–H and O–H groups in total. The van der Waals surface area contributed by atoms with Crippen LogP contribution in [0.2, 0.25) is 0 Å². The summed E-state index contributed by atoms with van der Waals surface area (Å²) in [5.41, 5.74) is 1.60. The first-order valence-electron chi connectivity index (χ1n) is 10.6. The first-order valence-corrected chi connectivity index (χ1v) is 10.6. The van der Waals surface area contributed by atoms with Gasteiger partial charge in [-0.25, -0.2) is 9.78 Å². The molecule has 172 valence electrons. The Kier molecular flexibility index (Phi) is 6.24. The van der Waals surface area contributed by atoms with Crippen LogP contribution in [-0.4, -0.2) is 91.8 Å². The monoisotopic (exact) mass is 444 g/mol. The number of aryl methyl sites for hydroxylation is 1. The summed E-state index contributed by atoms with van der Waals surface area (Å²) in [6.45, 7) is 5.13. The van der Waals surface area contributed by atoms with Gasteiger partial charge in [-0.1, -0.05) is 0 Å². The van der Waals surface area contributed by atoms with Crippen molar-refractivity contribution in [3.63, 3.8) is 0 Å². The molecule has 2 atom stereocenters. The van der Waals surface area contributed by atoms with Gasteiger partial charge >= 0.3 is 5.69 Å². The maximum atomic E-state index is 12.4. The van der Waals surface area contributed by atoms with Gasteiger partial charge in [0.05, 0.1) is 29.8 Å². The van der Waals surface area contributed by atoms with E-state index < -0.39 is 23.5 Å². The summed E-state index contributed by atoms with van der Waals surface area (Å²) < 4.78 is 1.55. The SMILES string of the molecule is Cc1cc2nc3c(=O)[nH]c(=O)nc-3n(CC(O)C(O)CCO)c2cc1N1CCN(C)CC1. The van der Waals surface area contributed by atoms with Crippen molar-refractivity contribution in [2.75, 3.05) is 44.7 Å². The number of nitrogens with zero attached hydrogens (tertiary/aromatic N) is 5. The Labute approximate surface area is 183 Å². The molecule has 1 fully saturated rings. The molecule has 0 bridgehead atoms. The Balaban J connectivity index is 1.91. The van der Waals surface area contributed by atoms with Crippen LogP contribution in [-0.2, 0) is 6.54 Å². The fourth-order valence-electron chi connectivity index (χ4n) is 4.14. The number of piperazine rings is 1. The summed E-state index contributed by atoms with van der Waals surface area (Å²) in [6, 6.07) is 3.81. The highest BCUT2D eigenvalue weighted by Gasteiger charge is 2.25. The Morgan fingerprint density at radius 3 is 2.50 bits per heavy atom. The van der Waals surface area contributed by atoms with Gasteiger partial charge in [0.15, 0.2) is 11.5 Å². The molecule has 2 unspecified atom stereocenters. The lowest BCUT2D eigenvalue weighted by Gasteiger charge is -2.35. The molecule has 3 aliphatic heterocycles. The van der Waals surface area contributed by atoms with Gasteiger partial charge in [0.2, 0.25) is 0 Å². The Morgan fingerprint density at radius 2 is 1.81 bits per heavy atom. The predicted molar refractivity (Wildman–Crippen MR) is 119 cm³/mol. The maximum absolute atomic E-state index is 12.4. The minimum atomic E-state index is -1.24. The van der Waals surface area contributed by atoms with Gasteiger partial charge in [-0.2, -0.15) is 4.98 Å². The number of H-pyrrole nitrogens is 1. The molecule has 11 heteroatoms. The number of likely N-dealkylation sites (N-methyl/N-ethyl adjacent to an activating group) is 1. The standard InChI is InChI=1S/C21H28N6O5/c1-12-9-13-15(10-14(12)26-6-4-25(2)5-7-26)27(11-17(30)16(29)3-8-28)19-18(22-13)20(31)24-21(32)23-19/h9-10,16-17,28-30H,3-8,11H2,1-2H3,(H,24,31,32). The van der Waals surface area contributed by atoms with E-state index in [1.54, 1.807) is 4.57 Å². The van der Waals surface area contributed by atoms with E-state index in [9.17, 15) is 19.8 Å². The van der Waals surface area contributed by atoms with Gasteiger partial charge in [-0.3, -0.25) is 9.78 Å². The minimum Gasteiger partial charge on any atom is -0.396 e. The molecule has 1 aromatic rings. The predicted octanol–water partition coefficient (Wildman–Crippen LogP) is -1.25. The molecule has 0 radical (unpaired) electrons. The van der Waals surface area contributed by atoms with Gasteiger partial charge in [-0.05, 0) is 38.1 Å². The largest absolute Gasteiger partial charge is 0.396 e. The summed E-state index contributed by atoms with van der Waals surface area (Å²) in [4.78, 5) is 39.4. The second kappa shape index (κ2) is 8.94. The van der Waals surface area contributed by atoms with Gasteiger partial charge in [0.25, 0.3) is 5.56 Å². The first-order chi connectivity index (χ1) is 15.3. The molecule has 0 spiro atoms. The van der Waals surface area contributed by atoms with E-state index in [2.05, 4.69) is 31.8 Å². The molecule has 0 saturated carbocycles. The molecular formula is C21H28N6O5. The quantitative estimate of drug-likeness (QED) is 0.342. The van der Waals surface area contributed by atoms with E-state index >= 15 is 0 Å². The third-order valence-corrected chi connectivity index (χ3v) is 6.01. The third kappa shape index (κ3) is 4.24. The first kappa shape index (κ1) is 22.3. The molecule has 3 heterocycles. The van der Waals surface area contributed by atoms with Crippen molar-refractivity contribution in [2.24, 2.45) is 0 Å². The zero-order chi connectivity index (χ0) is 23.0. The van der Waals surface area contributed by atoms with Gasteiger partial charge in [0.1, 0.15) is 0 Å². The molecule has 32 heavy (non-hydrogen) atoms. The number of hydrogen-bond acceptors (Lipinski definition) is 9. The fourth-order valence-corrected chi connectivity index (χ4v) is 4.14. The van der Waals surface area contributed by atoms with Crippen LogP contribution in [0, 0.1) is 6.92 Å². The van der Waals surface area contributed by atoms with Crippen molar-refractivity contribution in [3.05, 3.63) is 38.5 Å². The molecular weight excluding hydrogens is 416 g/mol. The fraction of sp³-hybridized carbons (Fsp3) is 0.524. The van der Waals surface area contributed by atoms with Gasteiger partial charge < -0.3 is 29.7 Å². The number of aromatic amines is 1. The molecule has 0 aliphatic carbocycles. The van der Waals surface area contributed by atoms with Crippen LogP contribution in [0.4, 0.5) is 5.69 Å². The van der Waals surface area contributed by atoms with Crippen LogP contribution in [0.5, 0.6) is 0 Å². The number of aliphatic hydroxyl groups is 3. The van der Waals surface area contributed by atoms with E-state index in [4.69, 9.17) is 5.11 Å². The molecule has 4 rings (SSSR count). The number of anilines is 1. The highest BCUT2D eigenvalue weighted by atomic mass is 16.3. The van der Waals surface area contributed by atoms with Crippen LogP contribution in [0.1, 0.15) is 12.0 Å². The minimum absolute atomic E-state index is 0.00482. The van der Waals surface area contributed by atoms with Crippen LogP contribution in [0.3, 0.4) is 0 Å². The zero-order valence-corrected chi connectivity index (χ0v) is 18.2. The number of nitrogens with one attached hydrogen (secondary N) is 1. The van der Waals surface area contributed by atoms with Crippen molar-refractivity contribution in [2.45, 2.75) is 32.1 Å². The third-order valence-electron chi connectivity index (χ3n) is 6.01. The van der Waals surface area contributed by atoms with Gasteiger partial charge in [-0.15, -0.1) is 0 Å². The summed E-state index contributed by atoms with van der Waals surface area (Å²) in [7, 11) is 2.08. The van der Waals surface area contributed by atoms with E-state index in [0.29, 0.717) is 11.0 Å². The van der Waals surface area contributed by atoms with Crippen molar-refractivity contribution < 1.29 is 15.3 Å². The van der Waals surface area contributed by atoms with Crippen LogP contribution in [0.15, 0.2) is 21.7 Å². The number of fused-ring (bicyclic) bond motifs is 2. The number of aliphatic hydroxyl groups excluding tert-OH is 3. The van der Waals surface area contributed by atoms with Crippen LogP contribution >= 0.6 is 0 Å². The normalized spacial score (nSPS) is 17.2. The summed E-state index contributed by atoms with van der Waals surface area (Å²) >= 11 is 0. The lowest BCUT2D eigenvalue weighted by Crippen LogP contribution is -2.44. The van der Waals surface area contributed by atoms with Crippen molar-refractivity contribution in [3.8, 4) is 11.5 Å². The summed E-state index contributed by atoms with van der Waals surface area (Å²) in [5.74, 6) is 0.0367. The van der Waals surface area contributed by atoms with Crippen LogP contribution in [0.25, 0.3) is 22.6 Å². The van der Waals surface area contributed by atoms with Gasteiger partial charge in [0, 0.05) is 38.5 Å². The lowest BCUT2D eigenvalue weighted by molar-refractivity contribution is -0.00282. The lowest BCUT2D eigenvalue weighted by atomic mass is 10.1. The smallest absolute Gasteiger partial charge is 0.349 e. The molecule has 0 aromatic heterocycles. The molecule has 11 nitrogen and oxygen atoms in total. The Hall–Kier alpha value is -2.86. The highest BCUT2D eigenvalue weighted by molar-refractivity contribution is 5.84. The zero-order valence-electron chi connectivity index (χ0n) is 18.2. The average molecular weight is 444 g/mol. The Morgan fingerprint density at radius 1 is 1.09 bits per heavy atom. The van der Waals surface area contributed by atoms with Crippen LogP contribution < -0.4 is 16.1 Å². The summed E-state index contributed by atoms with van der Waals surface area (Å²) in [5, 5.41) is 29.8. The number of hydrogen-bond donors (Lipinski definition) is 4. The van der Waals surface area contributed by atoms with E-state index in [-0.39, 0.29) is 31.1 Å². The van der Waals surface area contributed by atoms with Crippen molar-refractivity contribution in [1.29, 1.82) is 0 Å². The average Bonchev–Trinajstić information content (AvgIpc) is 2.74. The summed E-state index contributed by atoms with van der Waals surface area (Å²) in [6.07, 6.45) is -2.43. The van der Waals surface area contributed by atoms with E-state index in [1.165, 1.54) is 0 Å². The number of aromatic nitrogens is 4. The molecule has 1 aromatic carbocycles. The maximum Gasteiger partial charge on any atom is 0.349 e. The second-order valence-corrected chi connectivity index (χ2v) is 8.33. The molecule has 1 saturated heterocycles. The van der Waals surface area contributed by atoms with E-state index in [1.807, 2.05) is 19.1 Å². The highest BCUT2D eigenvalue weighted by Crippen LogP contribution is 2.30. The second-order valence-electron chi connectivity index (χ2n) is 8.33. The molecule has 0 amide bonds.